The van der Waals surface area contributed by atoms with E-state index in [9.17, 15) is 0 Å². The maximum atomic E-state index is 4.25. The highest BCUT2D eigenvalue weighted by molar-refractivity contribution is 5.15. The SMILES string of the molecule is CC(C)=CCC[C@H](C)NCc1cnn(C)c1C. The van der Waals surface area contributed by atoms with Gasteiger partial charge in [-0.25, -0.2) is 0 Å². The van der Waals surface area contributed by atoms with Crippen LogP contribution >= 0.6 is 0 Å². The van der Waals surface area contributed by atoms with Crippen molar-refractivity contribution in [1.29, 1.82) is 0 Å². The minimum atomic E-state index is 0.546. The van der Waals surface area contributed by atoms with Crippen LogP contribution in [0.1, 0.15) is 44.9 Å². The van der Waals surface area contributed by atoms with E-state index in [-0.39, 0.29) is 0 Å². The molecule has 0 unspecified atom stereocenters. The summed E-state index contributed by atoms with van der Waals surface area (Å²) < 4.78 is 1.92. The first-order chi connectivity index (χ1) is 8.00. The van der Waals surface area contributed by atoms with E-state index in [4.69, 9.17) is 0 Å². The topological polar surface area (TPSA) is 29.9 Å². The number of aromatic nitrogens is 2. The molecule has 0 aliphatic heterocycles. The minimum Gasteiger partial charge on any atom is -0.310 e. The molecule has 96 valence electrons. The Bertz CT molecular complexity index is 373. The van der Waals surface area contributed by atoms with E-state index in [1.165, 1.54) is 23.3 Å². The van der Waals surface area contributed by atoms with Crippen molar-refractivity contribution in [3.63, 3.8) is 0 Å². The molecule has 0 aromatic carbocycles. The molecule has 0 bridgehead atoms. The van der Waals surface area contributed by atoms with E-state index in [0.29, 0.717) is 6.04 Å². The lowest BCUT2D eigenvalue weighted by Gasteiger charge is -2.12. The molecule has 1 aromatic heterocycles. The molecule has 1 rings (SSSR count). The third-order valence-corrected chi connectivity index (χ3v) is 3.13. The van der Waals surface area contributed by atoms with Gasteiger partial charge in [-0.05, 0) is 40.5 Å². The Kier molecular flexibility index (Phi) is 5.42. The average molecular weight is 235 g/mol. The smallest absolute Gasteiger partial charge is 0.0537 e. The lowest BCUT2D eigenvalue weighted by atomic mass is 10.1. The molecule has 0 aliphatic rings. The van der Waals surface area contributed by atoms with Crippen molar-refractivity contribution in [3.05, 3.63) is 29.1 Å². The first-order valence-corrected chi connectivity index (χ1v) is 6.35. The number of aryl methyl sites for hydroxylation is 1. The van der Waals surface area contributed by atoms with Crippen molar-refractivity contribution in [3.8, 4) is 0 Å². The van der Waals surface area contributed by atoms with Crippen LogP contribution in [0.5, 0.6) is 0 Å². The van der Waals surface area contributed by atoms with Gasteiger partial charge in [0, 0.05) is 30.9 Å². The molecule has 1 aromatic rings. The number of allylic oxidation sites excluding steroid dienone is 2. The second-order valence-corrected chi connectivity index (χ2v) is 5.02. The fourth-order valence-electron chi connectivity index (χ4n) is 1.73. The van der Waals surface area contributed by atoms with Gasteiger partial charge in [-0.3, -0.25) is 4.68 Å². The monoisotopic (exact) mass is 235 g/mol. The highest BCUT2D eigenvalue weighted by Crippen LogP contribution is 2.07. The zero-order chi connectivity index (χ0) is 12.8. The summed E-state index contributed by atoms with van der Waals surface area (Å²) in [5.74, 6) is 0. The van der Waals surface area contributed by atoms with Crippen LogP contribution in [-0.4, -0.2) is 15.8 Å². The molecule has 0 radical (unpaired) electrons. The van der Waals surface area contributed by atoms with Gasteiger partial charge < -0.3 is 5.32 Å². The zero-order valence-electron chi connectivity index (χ0n) is 11.7. The van der Waals surface area contributed by atoms with Crippen molar-refractivity contribution in [2.75, 3.05) is 0 Å². The van der Waals surface area contributed by atoms with Crippen molar-refractivity contribution < 1.29 is 0 Å². The first-order valence-electron chi connectivity index (χ1n) is 6.35. The van der Waals surface area contributed by atoms with Crippen molar-refractivity contribution in [1.82, 2.24) is 15.1 Å². The first kappa shape index (κ1) is 14.0. The van der Waals surface area contributed by atoms with Crippen molar-refractivity contribution in [2.24, 2.45) is 7.05 Å². The maximum Gasteiger partial charge on any atom is 0.0537 e. The number of hydrogen-bond donors (Lipinski definition) is 1. The Morgan fingerprint density at radius 3 is 2.76 bits per heavy atom. The zero-order valence-corrected chi connectivity index (χ0v) is 11.7. The molecule has 1 heterocycles. The van der Waals surface area contributed by atoms with Gasteiger partial charge in [0.15, 0.2) is 0 Å². The Morgan fingerprint density at radius 1 is 1.53 bits per heavy atom. The molecule has 3 heteroatoms. The Hall–Kier alpha value is -1.09. The molecular weight excluding hydrogens is 210 g/mol. The predicted octanol–water partition coefficient (Wildman–Crippen LogP) is 2.95. The van der Waals surface area contributed by atoms with Crippen LogP contribution in [0.25, 0.3) is 0 Å². The van der Waals surface area contributed by atoms with Crippen molar-refractivity contribution in [2.45, 2.75) is 53.1 Å². The number of hydrogen-bond acceptors (Lipinski definition) is 2. The lowest BCUT2D eigenvalue weighted by molar-refractivity contribution is 0.516. The van der Waals surface area contributed by atoms with Crippen LogP contribution < -0.4 is 5.32 Å². The van der Waals surface area contributed by atoms with E-state index >= 15 is 0 Å². The van der Waals surface area contributed by atoms with E-state index in [1.54, 1.807) is 0 Å². The Balaban J connectivity index is 2.31. The van der Waals surface area contributed by atoms with Crippen molar-refractivity contribution >= 4 is 0 Å². The summed E-state index contributed by atoms with van der Waals surface area (Å²) >= 11 is 0. The molecule has 17 heavy (non-hydrogen) atoms. The summed E-state index contributed by atoms with van der Waals surface area (Å²) in [5.41, 5.74) is 3.94. The fraction of sp³-hybridized carbons (Fsp3) is 0.643. The lowest BCUT2D eigenvalue weighted by Crippen LogP contribution is -2.25. The standard InChI is InChI=1S/C14H25N3/c1-11(2)7-6-8-12(3)15-9-14-10-16-17(5)13(14)4/h7,10,12,15H,6,8-9H2,1-5H3/t12-/m0/s1. The van der Waals surface area contributed by atoms with Crippen LogP contribution in [0, 0.1) is 6.92 Å². The van der Waals surface area contributed by atoms with Gasteiger partial charge in [-0.2, -0.15) is 5.10 Å². The van der Waals surface area contributed by atoms with Gasteiger partial charge in [0.2, 0.25) is 0 Å². The number of nitrogens with zero attached hydrogens (tertiary/aromatic N) is 2. The number of rotatable bonds is 6. The molecular formula is C14H25N3. The predicted molar refractivity (Wildman–Crippen MR) is 72.9 cm³/mol. The minimum absolute atomic E-state index is 0.546. The van der Waals surface area contributed by atoms with Crippen LogP contribution in [0.3, 0.4) is 0 Å². The fourth-order valence-corrected chi connectivity index (χ4v) is 1.73. The summed E-state index contributed by atoms with van der Waals surface area (Å²) in [4.78, 5) is 0. The largest absolute Gasteiger partial charge is 0.310 e. The summed E-state index contributed by atoms with van der Waals surface area (Å²) in [7, 11) is 1.98. The van der Waals surface area contributed by atoms with Gasteiger partial charge in [-0.1, -0.05) is 11.6 Å². The van der Waals surface area contributed by atoms with Gasteiger partial charge >= 0.3 is 0 Å². The summed E-state index contributed by atoms with van der Waals surface area (Å²) in [5, 5.41) is 7.79. The highest BCUT2D eigenvalue weighted by atomic mass is 15.3. The summed E-state index contributed by atoms with van der Waals surface area (Å²) in [6.07, 6.45) is 6.59. The van der Waals surface area contributed by atoms with E-state index in [2.05, 4.69) is 44.2 Å². The van der Waals surface area contributed by atoms with Crippen LogP contribution in [0.15, 0.2) is 17.8 Å². The van der Waals surface area contributed by atoms with E-state index in [0.717, 1.165) is 13.0 Å². The molecule has 0 spiro atoms. The molecule has 1 atom stereocenters. The average Bonchev–Trinajstić information content (AvgIpc) is 2.57. The maximum absolute atomic E-state index is 4.25. The number of nitrogens with one attached hydrogen (secondary N) is 1. The van der Waals surface area contributed by atoms with Gasteiger partial charge in [0.25, 0.3) is 0 Å². The second kappa shape index (κ2) is 6.60. The van der Waals surface area contributed by atoms with Gasteiger partial charge in [-0.15, -0.1) is 0 Å². The van der Waals surface area contributed by atoms with Gasteiger partial charge in [0.05, 0.1) is 6.20 Å². The molecule has 0 saturated heterocycles. The Morgan fingerprint density at radius 2 is 2.24 bits per heavy atom. The highest BCUT2D eigenvalue weighted by Gasteiger charge is 2.05. The molecule has 0 amide bonds. The third kappa shape index (κ3) is 4.73. The normalized spacial score (nSPS) is 12.5. The summed E-state index contributed by atoms with van der Waals surface area (Å²) in [6, 6.07) is 0.546. The van der Waals surface area contributed by atoms with Crippen LogP contribution in [0.4, 0.5) is 0 Å². The molecule has 0 saturated carbocycles. The Labute approximate surface area is 105 Å². The molecule has 1 N–H and O–H groups in total. The van der Waals surface area contributed by atoms with Crippen LogP contribution in [-0.2, 0) is 13.6 Å². The third-order valence-electron chi connectivity index (χ3n) is 3.13. The van der Waals surface area contributed by atoms with Gasteiger partial charge in [0.1, 0.15) is 0 Å². The summed E-state index contributed by atoms with van der Waals surface area (Å²) in [6.45, 7) is 9.56. The van der Waals surface area contributed by atoms with E-state index in [1.807, 2.05) is 17.9 Å². The molecule has 0 fully saturated rings. The van der Waals surface area contributed by atoms with E-state index < -0.39 is 0 Å². The second-order valence-electron chi connectivity index (χ2n) is 5.02. The van der Waals surface area contributed by atoms with Crippen LogP contribution in [0.2, 0.25) is 0 Å². The quantitative estimate of drug-likeness (QED) is 0.768. The molecule has 3 nitrogen and oxygen atoms in total. The molecule has 0 aliphatic carbocycles.